The van der Waals surface area contributed by atoms with E-state index in [1.807, 2.05) is 38.1 Å². The smallest absolute Gasteiger partial charge is 0.175 e. The fourth-order valence-electron chi connectivity index (χ4n) is 2.22. The Balaban J connectivity index is 2.49. The van der Waals surface area contributed by atoms with Crippen molar-refractivity contribution < 1.29 is 9.47 Å². The van der Waals surface area contributed by atoms with E-state index in [2.05, 4.69) is 22.0 Å². The molecule has 0 saturated carbocycles. The molecule has 0 radical (unpaired) electrons. The Kier molecular flexibility index (Phi) is 6.72. The molecule has 0 aliphatic heterocycles. The summed E-state index contributed by atoms with van der Waals surface area (Å²) in [5.41, 5.74) is 2.13. The van der Waals surface area contributed by atoms with Crippen molar-refractivity contribution in [1.82, 2.24) is 0 Å². The van der Waals surface area contributed by atoms with Gasteiger partial charge in [0.2, 0.25) is 0 Å². The van der Waals surface area contributed by atoms with Crippen molar-refractivity contribution in [3.63, 3.8) is 0 Å². The molecule has 0 aliphatic rings. The molecule has 5 heteroatoms. The van der Waals surface area contributed by atoms with E-state index in [4.69, 9.17) is 21.1 Å². The minimum Gasteiger partial charge on any atom is -0.490 e. The molecular formula is C19H17BrClNO2. The maximum absolute atomic E-state index is 9.48. The molecular weight excluding hydrogens is 390 g/mol. The molecule has 0 spiro atoms. The molecule has 24 heavy (non-hydrogen) atoms. The maximum Gasteiger partial charge on any atom is 0.175 e. The van der Waals surface area contributed by atoms with Gasteiger partial charge in [-0.2, -0.15) is 5.26 Å². The zero-order valence-electron chi connectivity index (χ0n) is 13.5. The second-order valence-electron chi connectivity index (χ2n) is 4.88. The highest BCUT2D eigenvalue weighted by Crippen LogP contribution is 2.38. The predicted octanol–water partition coefficient (Wildman–Crippen LogP) is 5.96. The summed E-state index contributed by atoms with van der Waals surface area (Å²) in [6, 6.07) is 13.2. The SMILES string of the molecule is CCOc1cc(/C=C(/C#N)c2cccc(Cl)c2)cc(Br)c1OCC. The molecule has 0 heterocycles. The van der Waals surface area contributed by atoms with Crippen molar-refractivity contribution >= 4 is 39.2 Å². The van der Waals surface area contributed by atoms with Crippen LogP contribution < -0.4 is 9.47 Å². The molecule has 0 unspecified atom stereocenters. The summed E-state index contributed by atoms with van der Waals surface area (Å²) >= 11 is 9.53. The third kappa shape index (κ3) is 4.53. The number of ether oxygens (including phenoxy) is 2. The van der Waals surface area contributed by atoms with Gasteiger partial charge >= 0.3 is 0 Å². The fourth-order valence-corrected chi connectivity index (χ4v) is 2.99. The molecule has 0 N–H and O–H groups in total. The Morgan fingerprint density at radius 3 is 2.58 bits per heavy atom. The van der Waals surface area contributed by atoms with Crippen molar-refractivity contribution in [2.24, 2.45) is 0 Å². The molecule has 0 fully saturated rings. The lowest BCUT2D eigenvalue weighted by Crippen LogP contribution is -1.99. The van der Waals surface area contributed by atoms with Crippen molar-refractivity contribution in [1.29, 1.82) is 5.26 Å². The van der Waals surface area contributed by atoms with Crippen molar-refractivity contribution in [3.05, 3.63) is 57.0 Å². The first-order valence-corrected chi connectivity index (χ1v) is 8.73. The van der Waals surface area contributed by atoms with Gasteiger partial charge in [0, 0.05) is 5.02 Å². The number of nitriles is 1. The van der Waals surface area contributed by atoms with Gasteiger partial charge in [-0.25, -0.2) is 0 Å². The van der Waals surface area contributed by atoms with Crippen LogP contribution in [-0.4, -0.2) is 13.2 Å². The van der Waals surface area contributed by atoms with Gasteiger partial charge < -0.3 is 9.47 Å². The van der Waals surface area contributed by atoms with Gasteiger partial charge in [0.05, 0.1) is 29.3 Å². The van der Waals surface area contributed by atoms with E-state index < -0.39 is 0 Å². The van der Waals surface area contributed by atoms with E-state index in [-0.39, 0.29) is 0 Å². The summed E-state index contributed by atoms with van der Waals surface area (Å²) in [7, 11) is 0. The van der Waals surface area contributed by atoms with Crippen molar-refractivity contribution in [2.75, 3.05) is 13.2 Å². The quantitative estimate of drug-likeness (QED) is 0.439. The fraction of sp³-hybridized carbons (Fsp3) is 0.211. The number of hydrogen-bond acceptors (Lipinski definition) is 3. The van der Waals surface area contributed by atoms with Crippen LogP contribution in [0.4, 0.5) is 0 Å². The number of rotatable bonds is 6. The molecule has 0 saturated heterocycles. The molecule has 2 aromatic rings. The van der Waals surface area contributed by atoms with E-state index in [0.717, 1.165) is 15.6 Å². The predicted molar refractivity (Wildman–Crippen MR) is 101 cm³/mol. The molecule has 0 aliphatic carbocycles. The van der Waals surface area contributed by atoms with Crippen LogP contribution in [0, 0.1) is 11.3 Å². The zero-order valence-corrected chi connectivity index (χ0v) is 15.8. The van der Waals surface area contributed by atoms with Gasteiger partial charge in [0.25, 0.3) is 0 Å². The van der Waals surface area contributed by atoms with Crippen LogP contribution in [0.5, 0.6) is 11.5 Å². The van der Waals surface area contributed by atoms with Gasteiger partial charge in [-0.15, -0.1) is 0 Å². The van der Waals surface area contributed by atoms with E-state index >= 15 is 0 Å². The Morgan fingerprint density at radius 2 is 1.96 bits per heavy atom. The molecule has 2 rings (SSSR count). The highest BCUT2D eigenvalue weighted by atomic mass is 79.9. The number of hydrogen-bond donors (Lipinski definition) is 0. The van der Waals surface area contributed by atoms with Crippen LogP contribution in [0.3, 0.4) is 0 Å². The van der Waals surface area contributed by atoms with Gasteiger partial charge in [0.15, 0.2) is 11.5 Å². The average Bonchev–Trinajstić information content (AvgIpc) is 2.56. The zero-order chi connectivity index (χ0) is 17.5. The number of benzene rings is 2. The maximum atomic E-state index is 9.48. The minimum atomic E-state index is 0.524. The number of halogens is 2. The first kappa shape index (κ1) is 18.4. The van der Waals surface area contributed by atoms with Crippen molar-refractivity contribution in [3.8, 4) is 17.6 Å². The van der Waals surface area contributed by atoms with E-state index in [0.29, 0.717) is 35.3 Å². The van der Waals surface area contributed by atoms with Crippen LogP contribution in [0.1, 0.15) is 25.0 Å². The molecule has 0 atom stereocenters. The largest absolute Gasteiger partial charge is 0.490 e. The summed E-state index contributed by atoms with van der Waals surface area (Å²) in [5.74, 6) is 1.31. The first-order valence-electron chi connectivity index (χ1n) is 7.55. The second kappa shape index (κ2) is 8.77. The molecule has 0 aromatic heterocycles. The molecule has 0 bridgehead atoms. The highest BCUT2D eigenvalue weighted by molar-refractivity contribution is 9.10. The number of allylic oxidation sites excluding steroid dienone is 1. The minimum absolute atomic E-state index is 0.524. The Hall–Kier alpha value is -1.96. The lowest BCUT2D eigenvalue weighted by atomic mass is 10.0. The lowest BCUT2D eigenvalue weighted by molar-refractivity contribution is 0.286. The topological polar surface area (TPSA) is 42.2 Å². The van der Waals surface area contributed by atoms with E-state index in [9.17, 15) is 5.26 Å². The van der Waals surface area contributed by atoms with Crippen LogP contribution in [0.15, 0.2) is 40.9 Å². The van der Waals surface area contributed by atoms with Gasteiger partial charge in [-0.3, -0.25) is 0 Å². The summed E-state index contributed by atoms with van der Waals surface area (Å²) in [6.07, 6.45) is 1.80. The summed E-state index contributed by atoms with van der Waals surface area (Å²) < 4.78 is 12.1. The Morgan fingerprint density at radius 1 is 1.21 bits per heavy atom. The van der Waals surface area contributed by atoms with E-state index in [1.54, 1.807) is 18.2 Å². The molecule has 124 valence electrons. The third-order valence-corrected chi connectivity index (χ3v) is 4.01. The highest BCUT2D eigenvalue weighted by Gasteiger charge is 2.12. The third-order valence-electron chi connectivity index (χ3n) is 3.19. The van der Waals surface area contributed by atoms with Crippen LogP contribution in [-0.2, 0) is 0 Å². The summed E-state index contributed by atoms with van der Waals surface area (Å²) in [5, 5.41) is 10.1. The van der Waals surface area contributed by atoms with Gasteiger partial charge in [-0.1, -0.05) is 23.7 Å². The summed E-state index contributed by atoms with van der Waals surface area (Å²) in [4.78, 5) is 0. The monoisotopic (exact) mass is 405 g/mol. The standard InChI is InChI=1S/C19H17BrClNO2/c1-3-23-18-10-13(9-17(20)19(18)24-4-2)8-15(12-22)14-6-5-7-16(21)11-14/h5-11H,3-4H2,1-2H3/b15-8-. The van der Waals surface area contributed by atoms with Crippen molar-refractivity contribution in [2.45, 2.75) is 13.8 Å². The lowest BCUT2D eigenvalue weighted by Gasteiger charge is -2.13. The Bertz CT molecular complexity index is 796. The van der Waals surface area contributed by atoms with E-state index in [1.165, 1.54) is 0 Å². The molecule has 0 amide bonds. The average molecular weight is 407 g/mol. The van der Waals surface area contributed by atoms with Gasteiger partial charge in [-0.05, 0) is 71.2 Å². The summed E-state index contributed by atoms with van der Waals surface area (Å²) in [6.45, 7) is 4.90. The number of nitrogens with zero attached hydrogens (tertiary/aromatic N) is 1. The first-order chi connectivity index (χ1) is 11.6. The Labute approximate surface area is 155 Å². The second-order valence-corrected chi connectivity index (χ2v) is 6.17. The molecule has 2 aromatic carbocycles. The van der Waals surface area contributed by atoms with Crippen LogP contribution in [0.2, 0.25) is 5.02 Å². The molecule has 3 nitrogen and oxygen atoms in total. The van der Waals surface area contributed by atoms with Crippen LogP contribution >= 0.6 is 27.5 Å². The van der Waals surface area contributed by atoms with Gasteiger partial charge in [0.1, 0.15) is 0 Å². The van der Waals surface area contributed by atoms with Crippen LogP contribution in [0.25, 0.3) is 11.6 Å². The normalized spacial score (nSPS) is 11.0.